The van der Waals surface area contributed by atoms with E-state index in [0.717, 1.165) is 16.5 Å². The van der Waals surface area contributed by atoms with Gasteiger partial charge in [-0.15, -0.1) is 0 Å². The number of carbonyl (C=O) groups excluding carboxylic acids is 2. The van der Waals surface area contributed by atoms with E-state index in [4.69, 9.17) is 16.3 Å². The topological polar surface area (TPSA) is 58.6 Å². The molecule has 1 N–H and O–H groups in total. The fraction of sp³-hybridized carbons (Fsp3) is 0.364. The zero-order valence-electron chi connectivity index (χ0n) is 17.1. The molecule has 8 heteroatoms. The number of nitrogens with one attached hydrogen (secondary N) is 1. The molecule has 0 radical (unpaired) electrons. The van der Waals surface area contributed by atoms with Gasteiger partial charge in [0.25, 0.3) is 5.91 Å². The van der Waals surface area contributed by atoms with Crippen LogP contribution in [0.1, 0.15) is 32.8 Å². The van der Waals surface area contributed by atoms with Gasteiger partial charge in [-0.05, 0) is 72.1 Å². The van der Waals surface area contributed by atoms with Gasteiger partial charge in [-0.25, -0.2) is 0 Å². The van der Waals surface area contributed by atoms with E-state index in [1.807, 2.05) is 38.1 Å². The molecule has 5 nitrogen and oxygen atoms in total. The molecule has 0 aliphatic heterocycles. The summed E-state index contributed by atoms with van der Waals surface area (Å²) in [5, 5.41) is 3.51. The van der Waals surface area contributed by atoms with Crippen molar-refractivity contribution in [1.82, 2.24) is 10.2 Å². The summed E-state index contributed by atoms with van der Waals surface area (Å²) in [6.45, 7) is 5.75. The van der Waals surface area contributed by atoms with Crippen LogP contribution >= 0.6 is 43.5 Å². The molecule has 0 fully saturated rings. The van der Waals surface area contributed by atoms with Crippen LogP contribution in [0.5, 0.6) is 5.75 Å². The molecule has 2 amide bonds. The maximum Gasteiger partial charge on any atom is 0.261 e. The van der Waals surface area contributed by atoms with Gasteiger partial charge in [-0.3, -0.25) is 9.59 Å². The molecule has 162 valence electrons. The van der Waals surface area contributed by atoms with E-state index in [0.29, 0.717) is 21.8 Å². The van der Waals surface area contributed by atoms with Crippen LogP contribution in [0.15, 0.2) is 51.4 Å². The number of rotatable bonds is 9. The van der Waals surface area contributed by atoms with Gasteiger partial charge in [-0.2, -0.15) is 0 Å². The average molecular weight is 561 g/mol. The minimum absolute atomic E-state index is 0.0315. The maximum atomic E-state index is 13.1. The number of halogens is 3. The summed E-state index contributed by atoms with van der Waals surface area (Å²) in [5.74, 6) is 0.0239. The van der Waals surface area contributed by atoms with Crippen LogP contribution in [-0.4, -0.2) is 35.4 Å². The van der Waals surface area contributed by atoms with E-state index < -0.39 is 6.04 Å². The highest BCUT2D eigenvalue weighted by Gasteiger charge is 2.27. The zero-order chi connectivity index (χ0) is 22.3. The molecule has 0 aliphatic carbocycles. The lowest BCUT2D eigenvalue weighted by molar-refractivity contribution is -0.142. The summed E-state index contributed by atoms with van der Waals surface area (Å²) < 4.78 is 7.25. The number of hydrogen-bond acceptors (Lipinski definition) is 3. The minimum atomic E-state index is -0.650. The van der Waals surface area contributed by atoms with Gasteiger partial charge in [0.2, 0.25) is 5.91 Å². The second-order valence-electron chi connectivity index (χ2n) is 7.01. The molecular weight excluding hydrogens is 536 g/mol. The fourth-order valence-electron chi connectivity index (χ4n) is 2.69. The molecule has 0 saturated heterocycles. The Morgan fingerprint density at radius 3 is 2.53 bits per heavy atom. The molecule has 2 aromatic carbocycles. The molecule has 0 spiro atoms. The van der Waals surface area contributed by atoms with Crippen LogP contribution in [0, 0.1) is 0 Å². The maximum absolute atomic E-state index is 13.1. The summed E-state index contributed by atoms with van der Waals surface area (Å²) in [7, 11) is 0. The van der Waals surface area contributed by atoms with Crippen molar-refractivity contribution >= 4 is 55.3 Å². The van der Waals surface area contributed by atoms with Gasteiger partial charge in [0.05, 0.1) is 4.47 Å². The molecule has 0 aromatic heterocycles. The Hall–Kier alpha value is -1.57. The van der Waals surface area contributed by atoms with E-state index in [1.54, 1.807) is 25.1 Å². The molecule has 2 aromatic rings. The van der Waals surface area contributed by atoms with Gasteiger partial charge < -0.3 is 15.0 Å². The molecule has 0 bridgehead atoms. The lowest BCUT2D eigenvalue weighted by Crippen LogP contribution is -2.50. The van der Waals surface area contributed by atoms with E-state index in [9.17, 15) is 9.59 Å². The normalized spacial score (nSPS) is 12.7. The first-order valence-corrected chi connectivity index (χ1v) is 11.6. The van der Waals surface area contributed by atoms with Crippen molar-refractivity contribution in [3.63, 3.8) is 0 Å². The summed E-state index contributed by atoms with van der Waals surface area (Å²) in [6.07, 6.45) is 0.811. The minimum Gasteiger partial charge on any atom is -0.483 e. The van der Waals surface area contributed by atoms with E-state index in [1.165, 1.54) is 4.90 Å². The second kappa shape index (κ2) is 11.7. The van der Waals surface area contributed by atoms with Crippen molar-refractivity contribution in [3.05, 3.63) is 62.0 Å². The highest BCUT2D eigenvalue weighted by atomic mass is 79.9. The third kappa shape index (κ3) is 7.29. The predicted octanol–water partition coefficient (Wildman–Crippen LogP) is 5.58. The van der Waals surface area contributed by atoms with Crippen LogP contribution in [-0.2, 0) is 16.1 Å². The Kier molecular flexibility index (Phi) is 9.65. The molecule has 2 rings (SSSR count). The van der Waals surface area contributed by atoms with E-state index in [-0.39, 0.29) is 24.5 Å². The smallest absolute Gasteiger partial charge is 0.261 e. The van der Waals surface area contributed by atoms with Crippen molar-refractivity contribution in [2.75, 3.05) is 6.61 Å². The largest absolute Gasteiger partial charge is 0.483 e. The Morgan fingerprint density at radius 1 is 1.17 bits per heavy atom. The second-order valence-corrected chi connectivity index (χ2v) is 9.22. The fourth-order valence-corrected chi connectivity index (χ4v) is 3.94. The standard InChI is InChI=1S/C22H25Br2ClN2O3/c1-4-14(2)26-22(29)15(3)27(12-16-6-5-7-17(23)10-16)21(28)13-30-20-9-8-18(25)11-19(20)24/h5-11,14-15H,4,12-13H2,1-3H3,(H,26,29)/t14-,15+/m1/s1. The van der Waals surface area contributed by atoms with Gasteiger partial charge in [0, 0.05) is 22.1 Å². The van der Waals surface area contributed by atoms with Crippen LogP contribution in [0.25, 0.3) is 0 Å². The number of ether oxygens (including phenoxy) is 1. The number of nitrogens with zero attached hydrogens (tertiary/aromatic N) is 1. The number of carbonyl (C=O) groups is 2. The third-order valence-corrected chi connectivity index (χ3v) is 6.00. The Labute approximate surface area is 199 Å². The quantitative estimate of drug-likeness (QED) is 0.436. The lowest BCUT2D eigenvalue weighted by atomic mass is 10.1. The van der Waals surface area contributed by atoms with Gasteiger partial charge in [0.1, 0.15) is 11.8 Å². The summed E-state index contributed by atoms with van der Waals surface area (Å²) in [4.78, 5) is 27.3. The molecule has 0 heterocycles. The first-order valence-electron chi connectivity index (χ1n) is 9.63. The summed E-state index contributed by atoms with van der Waals surface area (Å²) in [5.41, 5.74) is 0.911. The summed E-state index contributed by atoms with van der Waals surface area (Å²) in [6, 6.07) is 12.1. The van der Waals surface area contributed by atoms with E-state index >= 15 is 0 Å². The van der Waals surface area contributed by atoms with Gasteiger partial charge in [0.15, 0.2) is 6.61 Å². The highest BCUT2D eigenvalue weighted by Crippen LogP contribution is 2.28. The molecule has 30 heavy (non-hydrogen) atoms. The number of benzene rings is 2. The van der Waals surface area contributed by atoms with Crippen molar-refractivity contribution in [1.29, 1.82) is 0 Å². The Bertz CT molecular complexity index is 894. The lowest BCUT2D eigenvalue weighted by Gasteiger charge is -2.29. The van der Waals surface area contributed by atoms with Gasteiger partial charge >= 0.3 is 0 Å². The van der Waals surface area contributed by atoms with Gasteiger partial charge in [-0.1, -0.05) is 46.6 Å². The Balaban J connectivity index is 2.18. The van der Waals surface area contributed by atoms with Crippen LogP contribution in [0.4, 0.5) is 0 Å². The van der Waals surface area contributed by atoms with Crippen LogP contribution < -0.4 is 10.1 Å². The first-order chi connectivity index (χ1) is 14.2. The van der Waals surface area contributed by atoms with Crippen molar-refractivity contribution < 1.29 is 14.3 Å². The van der Waals surface area contributed by atoms with Crippen molar-refractivity contribution in [2.24, 2.45) is 0 Å². The zero-order valence-corrected chi connectivity index (χ0v) is 21.1. The predicted molar refractivity (Wildman–Crippen MR) is 127 cm³/mol. The summed E-state index contributed by atoms with van der Waals surface area (Å²) >= 11 is 12.8. The Morgan fingerprint density at radius 2 is 1.90 bits per heavy atom. The number of amides is 2. The average Bonchev–Trinajstić information content (AvgIpc) is 2.70. The molecule has 0 unspecified atom stereocenters. The van der Waals surface area contributed by atoms with Crippen molar-refractivity contribution in [3.8, 4) is 5.75 Å². The molecule has 0 aliphatic rings. The highest BCUT2D eigenvalue weighted by molar-refractivity contribution is 9.10. The molecular formula is C22H25Br2ClN2O3. The molecule has 0 saturated carbocycles. The monoisotopic (exact) mass is 558 g/mol. The third-order valence-electron chi connectivity index (χ3n) is 4.66. The van der Waals surface area contributed by atoms with Crippen LogP contribution in [0.3, 0.4) is 0 Å². The SMILES string of the molecule is CC[C@@H](C)NC(=O)[C@H](C)N(Cc1cccc(Br)c1)C(=O)COc1ccc(Cl)cc1Br. The van der Waals surface area contributed by atoms with Crippen LogP contribution in [0.2, 0.25) is 5.02 Å². The number of hydrogen-bond donors (Lipinski definition) is 1. The van der Waals surface area contributed by atoms with Crippen molar-refractivity contribution in [2.45, 2.75) is 45.8 Å². The van der Waals surface area contributed by atoms with E-state index in [2.05, 4.69) is 37.2 Å². The first kappa shape index (κ1) is 24.7. The molecule has 2 atom stereocenters.